The highest BCUT2D eigenvalue weighted by Crippen LogP contribution is 2.28. The Morgan fingerprint density at radius 2 is 2.22 bits per heavy atom. The second-order valence-corrected chi connectivity index (χ2v) is 4.44. The van der Waals surface area contributed by atoms with Gasteiger partial charge in [0.15, 0.2) is 0 Å². The van der Waals surface area contributed by atoms with Crippen molar-refractivity contribution in [2.45, 2.75) is 6.92 Å². The van der Waals surface area contributed by atoms with Gasteiger partial charge in [-0.2, -0.15) is 0 Å². The van der Waals surface area contributed by atoms with E-state index in [-0.39, 0.29) is 11.4 Å². The molecule has 0 saturated heterocycles. The molecule has 1 aromatic carbocycles. The number of aryl methyl sites for hydroxylation is 1. The second kappa shape index (κ2) is 5.14. The van der Waals surface area contributed by atoms with Crippen LogP contribution in [0, 0.1) is 6.92 Å². The average molecular weight is 308 g/mol. The zero-order valence-corrected chi connectivity index (χ0v) is 11.1. The van der Waals surface area contributed by atoms with Crippen LogP contribution in [0.4, 0.5) is 11.5 Å². The fourth-order valence-corrected chi connectivity index (χ4v) is 1.82. The van der Waals surface area contributed by atoms with Crippen LogP contribution in [0.3, 0.4) is 0 Å². The molecule has 0 aliphatic carbocycles. The van der Waals surface area contributed by atoms with Crippen LogP contribution in [0.5, 0.6) is 0 Å². The van der Waals surface area contributed by atoms with Crippen molar-refractivity contribution in [1.29, 1.82) is 0 Å². The first-order valence-corrected chi connectivity index (χ1v) is 5.94. The van der Waals surface area contributed by atoms with E-state index in [2.05, 4.69) is 31.2 Å². The summed E-state index contributed by atoms with van der Waals surface area (Å²) < 4.78 is 0.875. The summed E-state index contributed by atoms with van der Waals surface area (Å²) >= 11 is 3.45. The Kier molecular flexibility index (Phi) is 3.57. The van der Waals surface area contributed by atoms with Gasteiger partial charge in [0.25, 0.3) is 0 Å². The molecular formula is C12H10BrN3O2. The lowest BCUT2D eigenvalue weighted by atomic mass is 10.2. The minimum absolute atomic E-state index is 0.0332. The standard InChI is InChI=1S/C12H10BrN3O2/c1-7-3-2-4-9(10(7)13)16-11-8(12(17)18)5-14-6-15-11/h2-6H,1H3,(H,17,18)(H,14,15,16). The van der Waals surface area contributed by atoms with Crippen LogP contribution in [0.2, 0.25) is 0 Å². The molecule has 0 aliphatic heterocycles. The van der Waals surface area contributed by atoms with Gasteiger partial charge < -0.3 is 10.4 Å². The van der Waals surface area contributed by atoms with Gasteiger partial charge in [-0.25, -0.2) is 14.8 Å². The quantitative estimate of drug-likeness (QED) is 0.911. The molecule has 92 valence electrons. The summed E-state index contributed by atoms with van der Waals surface area (Å²) in [6, 6.07) is 5.67. The lowest BCUT2D eigenvalue weighted by molar-refractivity contribution is 0.0697. The number of carbonyl (C=O) groups is 1. The summed E-state index contributed by atoms with van der Waals surface area (Å²) in [5, 5.41) is 12.0. The zero-order chi connectivity index (χ0) is 13.1. The highest BCUT2D eigenvalue weighted by molar-refractivity contribution is 9.10. The van der Waals surface area contributed by atoms with Crippen LogP contribution in [0.15, 0.2) is 35.2 Å². The fraction of sp³-hybridized carbons (Fsp3) is 0.0833. The summed E-state index contributed by atoms with van der Waals surface area (Å²) in [5.74, 6) is -0.800. The van der Waals surface area contributed by atoms with E-state index >= 15 is 0 Å². The Morgan fingerprint density at radius 1 is 1.44 bits per heavy atom. The van der Waals surface area contributed by atoms with Gasteiger partial charge >= 0.3 is 5.97 Å². The van der Waals surface area contributed by atoms with Gasteiger partial charge in [-0.05, 0) is 34.5 Å². The maximum absolute atomic E-state index is 11.0. The van der Waals surface area contributed by atoms with Crippen molar-refractivity contribution in [3.05, 3.63) is 46.3 Å². The van der Waals surface area contributed by atoms with Crippen molar-refractivity contribution in [1.82, 2.24) is 9.97 Å². The van der Waals surface area contributed by atoms with E-state index in [9.17, 15) is 4.79 Å². The maximum Gasteiger partial charge on any atom is 0.341 e. The van der Waals surface area contributed by atoms with Gasteiger partial charge in [-0.3, -0.25) is 0 Å². The summed E-state index contributed by atoms with van der Waals surface area (Å²) in [6.45, 7) is 1.95. The Bertz CT molecular complexity index is 602. The smallest absolute Gasteiger partial charge is 0.341 e. The fourth-order valence-electron chi connectivity index (χ4n) is 1.46. The van der Waals surface area contributed by atoms with Crippen LogP contribution in [-0.4, -0.2) is 21.0 Å². The third-order valence-corrected chi connectivity index (χ3v) is 3.44. The maximum atomic E-state index is 11.0. The van der Waals surface area contributed by atoms with Gasteiger partial charge in [-0.15, -0.1) is 0 Å². The Hall–Kier alpha value is -1.95. The summed E-state index contributed by atoms with van der Waals surface area (Å²) in [6.07, 6.45) is 2.57. The number of carboxylic acid groups (broad SMARTS) is 1. The molecule has 0 unspecified atom stereocenters. The molecular weight excluding hydrogens is 298 g/mol. The van der Waals surface area contributed by atoms with E-state index in [0.29, 0.717) is 0 Å². The molecule has 0 spiro atoms. The molecule has 5 nitrogen and oxygen atoms in total. The molecule has 0 amide bonds. The molecule has 0 aliphatic rings. The number of rotatable bonds is 3. The van der Waals surface area contributed by atoms with Crippen molar-refractivity contribution >= 4 is 33.4 Å². The monoisotopic (exact) mass is 307 g/mol. The molecule has 0 fully saturated rings. The van der Waals surface area contributed by atoms with E-state index in [1.54, 1.807) is 0 Å². The third kappa shape index (κ3) is 2.48. The van der Waals surface area contributed by atoms with E-state index < -0.39 is 5.97 Å². The predicted octanol–water partition coefficient (Wildman–Crippen LogP) is 2.99. The molecule has 18 heavy (non-hydrogen) atoms. The number of nitrogens with zero attached hydrogens (tertiary/aromatic N) is 2. The first kappa shape index (κ1) is 12.5. The van der Waals surface area contributed by atoms with Crippen LogP contribution in [0.25, 0.3) is 0 Å². The average Bonchev–Trinajstić information content (AvgIpc) is 2.35. The minimum Gasteiger partial charge on any atom is -0.477 e. The number of hydrogen-bond acceptors (Lipinski definition) is 4. The summed E-state index contributed by atoms with van der Waals surface area (Å²) in [5.41, 5.74) is 1.84. The number of nitrogens with one attached hydrogen (secondary N) is 1. The van der Waals surface area contributed by atoms with E-state index in [0.717, 1.165) is 15.7 Å². The Balaban J connectivity index is 2.40. The molecule has 2 aromatic rings. The van der Waals surface area contributed by atoms with Gasteiger partial charge in [-0.1, -0.05) is 12.1 Å². The van der Waals surface area contributed by atoms with Gasteiger partial charge in [0.1, 0.15) is 17.7 Å². The number of aromatic nitrogens is 2. The lowest BCUT2D eigenvalue weighted by Crippen LogP contribution is -2.05. The molecule has 2 rings (SSSR count). The molecule has 2 N–H and O–H groups in total. The molecule has 1 heterocycles. The first-order valence-electron chi connectivity index (χ1n) is 5.15. The minimum atomic E-state index is -1.07. The van der Waals surface area contributed by atoms with E-state index in [4.69, 9.17) is 5.11 Å². The molecule has 0 radical (unpaired) electrons. The van der Waals surface area contributed by atoms with Crippen molar-refractivity contribution in [3.8, 4) is 0 Å². The highest BCUT2D eigenvalue weighted by Gasteiger charge is 2.12. The summed E-state index contributed by atoms with van der Waals surface area (Å²) in [7, 11) is 0. The normalized spacial score (nSPS) is 10.1. The zero-order valence-electron chi connectivity index (χ0n) is 9.51. The number of aromatic carboxylic acids is 1. The Morgan fingerprint density at radius 3 is 2.94 bits per heavy atom. The molecule has 0 bridgehead atoms. The van der Waals surface area contributed by atoms with Crippen LogP contribution >= 0.6 is 15.9 Å². The summed E-state index contributed by atoms with van der Waals surface area (Å²) in [4.78, 5) is 18.7. The highest BCUT2D eigenvalue weighted by atomic mass is 79.9. The number of carboxylic acids is 1. The third-order valence-electron chi connectivity index (χ3n) is 2.39. The largest absolute Gasteiger partial charge is 0.477 e. The van der Waals surface area contributed by atoms with Crippen LogP contribution < -0.4 is 5.32 Å². The van der Waals surface area contributed by atoms with Gasteiger partial charge in [0, 0.05) is 10.7 Å². The van der Waals surface area contributed by atoms with Gasteiger partial charge in [0.2, 0.25) is 0 Å². The van der Waals surface area contributed by atoms with Gasteiger partial charge in [0.05, 0.1) is 5.69 Å². The van der Waals surface area contributed by atoms with E-state index in [1.807, 2.05) is 25.1 Å². The number of benzene rings is 1. The number of anilines is 2. The lowest BCUT2D eigenvalue weighted by Gasteiger charge is -2.10. The molecule has 0 atom stereocenters. The van der Waals surface area contributed by atoms with Crippen molar-refractivity contribution in [2.24, 2.45) is 0 Å². The molecule has 6 heteroatoms. The van der Waals surface area contributed by atoms with Crippen molar-refractivity contribution < 1.29 is 9.90 Å². The molecule has 0 saturated carbocycles. The molecule has 1 aromatic heterocycles. The number of hydrogen-bond donors (Lipinski definition) is 2. The number of halogens is 1. The van der Waals surface area contributed by atoms with Crippen molar-refractivity contribution in [2.75, 3.05) is 5.32 Å². The Labute approximate surface area is 112 Å². The van der Waals surface area contributed by atoms with Crippen LogP contribution in [-0.2, 0) is 0 Å². The predicted molar refractivity (Wildman–Crippen MR) is 71.2 cm³/mol. The second-order valence-electron chi connectivity index (χ2n) is 3.65. The van der Waals surface area contributed by atoms with Crippen LogP contribution in [0.1, 0.15) is 15.9 Å². The van der Waals surface area contributed by atoms with Crippen molar-refractivity contribution in [3.63, 3.8) is 0 Å². The first-order chi connectivity index (χ1) is 8.59. The SMILES string of the molecule is Cc1cccc(Nc2ncncc2C(=O)O)c1Br. The van der Waals surface area contributed by atoms with E-state index in [1.165, 1.54) is 12.5 Å². The topological polar surface area (TPSA) is 75.1 Å².